The zero-order valence-corrected chi connectivity index (χ0v) is 7.18. The number of rotatable bonds is 3. The van der Waals surface area contributed by atoms with Crippen LogP contribution in [0.3, 0.4) is 0 Å². The molecular weight excluding hydrogens is 136 g/mol. The van der Waals surface area contributed by atoms with Gasteiger partial charge in [-0.1, -0.05) is 12.2 Å². The van der Waals surface area contributed by atoms with Gasteiger partial charge in [0.1, 0.15) is 0 Å². The predicted octanol–water partition coefficient (Wildman–Crippen LogP) is 3.04. The molecule has 1 fully saturated rings. The first-order valence-electron chi connectivity index (χ1n) is 4.26. The Morgan fingerprint density at radius 1 is 1.45 bits per heavy atom. The summed E-state index contributed by atoms with van der Waals surface area (Å²) in [6.07, 6.45) is 9.26. The third-order valence-electron chi connectivity index (χ3n) is 1.93. The van der Waals surface area contributed by atoms with Gasteiger partial charge in [0.15, 0.2) is 0 Å². The zero-order valence-electron chi connectivity index (χ0n) is 7.18. The molecule has 0 saturated heterocycles. The summed E-state index contributed by atoms with van der Waals surface area (Å²) in [7, 11) is 0. The number of allylic oxidation sites excluding steroid dienone is 2. The molecule has 1 heteroatoms. The number of hydrogen-bond acceptors (Lipinski definition) is 1. The molecule has 1 rings (SSSR count). The van der Waals surface area contributed by atoms with Crippen LogP contribution in [0.2, 0.25) is 0 Å². The van der Waals surface area contributed by atoms with Crippen LogP contribution in [0.25, 0.3) is 0 Å². The molecule has 0 atom stereocenters. The van der Waals surface area contributed by atoms with Crippen LogP contribution in [-0.4, -0.2) is 6.10 Å². The Morgan fingerprint density at radius 3 is 2.64 bits per heavy atom. The van der Waals surface area contributed by atoms with Crippen LogP contribution in [0.4, 0.5) is 0 Å². The van der Waals surface area contributed by atoms with E-state index in [-0.39, 0.29) is 0 Å². The SMILES string of the molecule is C=C(C)/C=C/OC1CCCC1. The molecule has 0 aromatic heterocycles. The quantitative estimate of drug-likeness (QED) is 0.446. The molecule has 0 aliphatic heterocycles. The first-order chi connectivity index (χ1) is 5.29. The molecule has 0 amide bonds. The van der Waals surface area contributed by atoms with E-state index in [9.17, 15) is 0 Å². The van der Waals surface area contributed by atoms with Crippen molar-refractivity contribution in [2.75, 3.05) is 0 Å². The van der Waals surface area contributed by atoms with Crippen LogP contribution >= 0.6 is 0 Å². The molecule has 1 nitrogen and oxygen atoms in total. The summed E-state index contributed by atoms with van der Waals surface area (Å²) in [5, 5.41) is 0. The molecule has 0 spiro atoms. The van der Waals surface area contributed by atoms with E-state index in [0.29, 0.717) is 6.10 Å². The molecule has 1 saturated carbocycles. The van der Waals surface area contributed by atoms with E-state index in [0.717, 1.165) is 5.57 Å². The van der Waals surface area contributed by atoms with Crippen molar-refractivity contribution in [1.29, 1.82) is 0 Å². The fraction of sp³-hybridized carbons (Fsp3) is 0.600. The molecule has 0 bridgehead atoms. The number of hydrogen-bond donors (Lipinski definition) is 0. The average Bonchev–Trinajstić information content (AvgIpc) is 2.39. The number of ether oxygens (including phenoxy) is 1. The highest BCUT2D eigenvalue weighted by Gasteiger charge is 2.13. The Morgan fingerprint density at radius 2 is 2.09 bits per heavy atom. The summed E-state index contributed by atoms with van der Waals surface area (Å²) >= 11 is 0. The maximum Gasteiger partial charge on any atom is 0.0978 e. The highest BCUT2D eigenvalue weighted by Crippen LogP contribution is 2.20. The van der Waals surface area contributed by atoms with Crippen molar-refractivity contribution < 1.29 is 4.74 Å². The van der Waals surface area contributed by atoms with Crippen molar-refractivity contribution in [3.05, 3.63) is 24.5 Å². The molecule has 1 aliphatic rings. The maximum atomic E-state index is 5.47. The van der Waals surface area contributed by atoms with E-state index < -0.39 is 0 Å². The van der Waals surface area contributed by atoms with Crippen molar-refractivity contribution in [3.8, 4) is 0 Å². The fourth-order valence-electron chi connectivity index (χ4n) is 1.29. The van der Waals surface area contributed by atoms with E-state index in [2.05, 4.69) is 6.58 Å². The Balaban J connectivity index is 2.15. The molecule has 0 aromatic carbocycles. The average molecular weight is 152 g/mol. The van der Waals surface area contributed by atoms with Crippen LogP contribution in [0.1, 0.15) is 32.6 Å². The molecule has 62 valence electrons. The Bertz CT molecular complexity index is 152. The molecule has 11 heavy (non-hydrogen) atoms. The van der Waals surface area contributed by atoms with Gasteiger partial charge in [-0.2, -0.15) is 0 Å². The molecule has 0 unspecified atom stereocenters. The monoisotopic (exact) mass is 152 g/mol. The second-order valence-corrected chi connectivity index (χ2v) is 3.19. The van der Waals surface area contributed by atoms with Gasteiger partial charge in [-0.3, -0.25) is 0 Å². The molecular formula is C10H16O. The van der Waals surface area contributed by atoms with E-state index in [1.165, 1.54) is 25.7 Å². The highest BCUT2D eigenvalue weighted by molar-refractivity contribution is 5.08. The topological polar surface area (TPSA) is 9.23 Å². The molecule has 0 radical (unpaired) electrons. The lowest BCUT2D eigenvalue weighted by Gasteiger charge is -2.07. The smallest absolute Gasteiger partial charge is 0.0978 e. The summed E-state index contributed by atoms with van der Waals surface area (Å²) in [4.78, 5) is 0. The highest BCUT2D eigenvalue weighted by atomic mass is 16.5. The standard InChI is InChI=1S/C10H16O/c1-9(2)7-8-11-10-5-3-4-6-10/h7-8,10H,1,3-6H2,2H3/b8-7+. The lowest BCUT2D eigenvalue weighted by molar-refractivity contribution is 0.151. The summed E-state index contributed by atoms with van der Waals surface area (Å²) in [5.41, 5.74) is 1.04. The maximum absolute atomic E-state index is 5.47. The van der Waals surface area contributed by atoms with E-state index in [1.54, 1.807) is 6.26 Å². The predicted molar refractivity (Wildman–Crippen MR) is 47.3 cm³/mol. The van der Waals surface area contributed by atoms with Crippen molar-refractivity contribution in [2.45, 2.75) is 38.7 Å². The van der Waals surface area contributed by atoms with E-state index >= 15 is 0 Å². The van der Waals surface area contributed by atoms with Gasteiger partial charge in [-0.05, 0) is 38.7 Å². The second-order valence-electron chi connectivity index (χ2n) is 3.19. The third kappa shape index (κ3) is 3.26. The van der Waals surface area contributed by atoms with Crippen LogP contribution in [0, 0.1) is 0 Å². The van der Waals surface area contributed by atoms with Gasteiger partial charge in [0, 0.05) is 0 Å². The molecule has 0 aromatic rings. The van der Waals surface area contributed by atoms with Crippen molar-refractivity contribution >= 4 is 0 Å². The van der Waals surface area contributed by atoms with Crippen LogP contribution < -0.4 is 0 Å². The summed E-state index contributed by atoms with van der Waals surface area (Å²) in [6.45, 7) is 5.72. The van der Waals surface area contributed by atoms with Gasteiger partial charge < -0.3 is 4.74 Å². The van der Waals surface area contributed by atoms with Gasteiger partial charge in [0.25, 0.3) is 0 Å². The molecule has 0 N–H and O–H groups in total. The lowest BCUT2D eigenvalue weighted by atomic mass is 10.3. The zero-order chi connectivity index (χ0) is 8.10. The summed E-state index contributed by atoms with van der Waals surface area (Å²) in [5.74, 6) is 0. The van der Waals surface area contributed by atoms with Gasteiger partial charge in [0.2, 0.25) is 0 Å². The van der Waals surface area contributed by atoms with Crippen molar-refractivity contribution in [1.82, 2.24) is 0 Å². The second kappa shape index (κ2) is 4.22. The minimum Gasteiger partial charge on any atom is -0.498 e. The van der Waals surface area contributed by atoms with Crippen molar-refractivity contribution in [3.63, 3.8) is 0 Å². The van der Waals surface area contributed by atoms with Gasteiger partial charge in [-0.15, -0.1) is 0 Å². The van der Waals surface area contributed by atoms with Crippen LogP contribution in [0.15, 0.2) is 24.5 Å². The van der Waals surface area contributed by atoms with Gasteiger partial charge >= 0.3 is 0 Å². The first kappa shape index (κ1) is 8.38. The van der Waals surface area contributed by atoms with Crippen molar-refractivity contribution in [2.24, 2.45) is 0 Å². The molecule has 0 heterocycles. The Hall–Kier alpha value is -0.720. The summed E-state index contributed by atoms with van der Waals surface area (Å²) in [6, 6.07) is 0. The minimum absolute atomic E-state index is 0.477. The minimum atomic E-state index is 0.477. The lowest BCUT2D eigenvalue weighted by Crippen LogP contribution is -2.01. The molecule has 1 aliphatic carbocycles. The normalized spacial score (nSPS) is 19.4. The van der Waals surface area contributed by atoms with E-state index in [4.69, 9.17) is 4.74 Å². The largest absolute Gasteiger partial charge is 0.498 e. The fourth-order valence-corrected chi connectivity index (χ4v) is 1.29. The third-order valence-corrected chi connectivity index (χ3v) is 1.93. The summed E-state index contributed by atoms with van der Waals surface area (Å²) < 4.78 is 5.47. The Labute approximate surface area is 68.8 Å². The van der Waals surface area contributed by atoms with Crippen LogP contribution in [-0.2, 0) is 4.74 Å². The Kier molecular flexibility index (Phi) is 3.21. The first-order valence-corrected chi connectivity index (χ1v) is 4.26. The van der Waals surface area contributed by atoms with Gasteiger partial charge in [0.05, 0.1) is 12.4 Å². The van der Waals surface area contributed by atoms with Crippen LogP contribution in [0.5, 0.6) is 0 Å². The van der Waals surface area contributed by atoms with Gasteiger partial charge in [-0.25, -0.2) is 0 Å². The van der Waals surface area contributed by atoms with E-state index in [1.807, 2.05) is 13.0 Å².